The Morgan fingerprint density at radius 3 is 2.29 bits per heavy atom. The first kappa shape index (κ1) is 20.9. The molecule has 0 aliphatic rings. The van der Waals surface area contributed by atoms with Gasteiger partial charge in [0.15, 0.2) is 0 Å². The van der Waals surface area contributed by atoms with Crippen molar-refractivity contribution in [1.82, 2.24) is 0 Å². The van der Waals surface area contributed by atoms with Crippen molar-refractivity contribution in [2.75, 3.05) is 11.9 Å². The Morgan fingerprint density at radius 1 is 0.952 bits per heavy atom. The third-order valence-corrected chi connectivity index (χ3v) is 4.40. The van der Waals surface area contributed by atoms with Crippen molar-refractivity contribution in [3.8, 4) is 0 Å². The molecule has 0 aromatic heterocycles. The predicted molar refractivity (Wildman–Crippen MR) is 95.0 cm³/mol. The molecule has 0 radical (unpaired) electrons. The molecule has 0 aromatic carbocycles. The molecule has 126 valence electrons. The van der Waals surface area contributed by atoms with Crippen LogP contribution < -0.4 is 0 Å². The number of unbranched alkanes of at least 4 members (excludes halogenated alkanes) is 7. The average molecular weight is 363 g/mol. The van der Waals surface area contributed by atoms with Crippen molar-refractivity contribution < 1.29 is 9.53 Å². The molecular formula is C18H35BrO2. The van der Waals surface area contributed by atoms with Gasteiger partial charge in [-0.25, -0.2) is 0 Å². The topological polar surface area (TPSA) is 26.3 Å². The lowest BCUT2D eigenvalue weighted by atomic mass is 10.0. The van der Waals surface area contributed by atoms with Crippen LogP contribution in [0.2, 0.25) is 0 Å². The highest BCUT2D eigenvalue weighted by Crippen LogP contribution is 2.14. The van der Waals surface area contributed by atoms with Crippen molar-refractivity contribution in [2.24, 2.45) is 5.92 Å². The van der Waals surface area contributed by atoms with E-state index in [1.165, 1.54) is 51.4 Å². The molecular weight excluding hydrogens is 328 g/mol. The van der Waals surface area contributed by atoms with Gasteiger partial charge in [-0.15, -0.1) is 0 Å². The molecule has 0 aliphatic heterocycles. The summed E-state index contributed by atoms with van der Waals surface area (Å²) in [5.74, 6) is 0.752. The minimum Gasteiger partial charge on any atom is -0.466 e. The fourth-order valence-corrected chi connectivity index (χ4v) is 3.19. The molecule has 3 heteroatoms. The van der Waals surface area contributed by atoms with Gasteiger partial charge in [-0.1, -0.05) is 81.1 Å². The van der Waals surface area contributed by atoms with Crippen molar-refractivity contribution in [2.45, 2.75) is 90.9 Å². The third kappa shape index (κ3) is 16.2. The summed E-state index contributed by atoms with van der Waals surface area (Å²) in [4.78, 5) is 11.6. The molecule has 0 saturated carbocycles. The van der Waals surface area contributed by atoms with Gasteiger partial charge in [0.25, 0.3) is 0 Å². The second kappa shape index (κ2) is 16.3. The lowest BCUT2D eigenvalue weighted by molar-refractivity contribution is -0.143. The second-order valence-corrected chi connectivity index (χ2v) is 6.96. The van der Waals surface area contributed by atoms with Crippen LogP contribution in [0.25, 0.3) is 0 Å². The summed E-state index contributed by atoms with van der Waals surface area (Å²) in [5, 5.41) is 1.08. The van der Waals surface area contributed by atoms with Crippen LogP contribution in [0, 0.1) is 5.92 Å². The molecule has 0 fully saturated rings. The lowest BCUT2D eigenvalue weighted by Crippen LogP contribution is -2.06. The highest BCUT2D eigenvalue weighted by Gasteiger charge is 2.05. The molecule has 0 aromatic rings. The summed E-state index contributed by atoms with van der Waals surface area (Å²) in [6.45, 7) is 5.13. The smallest absolute Gasteiger partial charge is 0.305 e. The fraction of sp³-hybridized carbons (Fsp3) is 0.944. The molecule has 0 rings (SSSR count). The standard InChI is InChI=1S/C18H35BrO2/c1-3-4-5-6-7-8-11-16-21-18(20)13-10-9-12-17(2)14-15-19/h17H,3-16H2,1-2H3. The van der Waals surface area contributed by atoms with Gasteiger partial charge in [-0.2, -0.15) is 0 Å². The maximum atomic E-state index is 11.6. The number of hydrogen-bond acceptors (Lipinski definition) is 2. The van der Waals surface area contributed by atoms with Crippen LogP contribution in [-0.2, 0) is 9.53 Å². The van der Waals surface area contributed by atoms with Crippen molar-refractivity contribution in [3.05, 3.63) is 0 Å². The van der Waals surface area contributed by atoms with Crippen LogP contribution in [-0.4, -0.2) is 17.9 Å². The monoisotopic (exact) mass is 362 g/mol. The Kier molecular flexibility index (Phi) is 16.3. The number of rotatable bonds is 15. The van der Waals surface area contributed by atoms with Gasteiger partial charge in [-0.3, -0.25) is 4.79 Å². The zero-order chi connectivity index (χ0) is 15.8. The van der Waals surface area contributed by atoms with Crippen LogP contribution in [0.15, 0.2) is 0 Å². The summed E-state index contributed by atoms with van der Waals surface area (Å²) in [7, 11) is 0. The first-order chi connectivity index (χ1) is 10.2. The summed E-state index contributed by atoms with van der Waals surface area (Å²) >= 11 is 3.47. The van der Waals surface area contributed by atoms with Crippen LogP contribution in [0.3, 0.4) is 0 Å². The molecule has 0 spiro atoms. The molecule has 0 N–H and O–H groups in total. The van der Waals surface area contributed by atoms with E-state index in [2.05, 4.69) is 29.8 Å². The van der Waals surface area contributed by atoms with Crippen LogP contribution in [0.5, 0.6) is 0 Å². The number of halogens is 1. The zero-order valence-electron chi connectivity index (χ0n) is 14.2. The largest absolute Gasteiger partial charge is 0.466 e. The Bertz CT molecular complexity index is 231. The van der Waals surface area contributed by atoms with Gasteiger partial charge in [-0.05, 0) is 25.2 Å². The van der Waals surface area contributed by atoms with Crippen molar-refractivity contribution in [1.29, 1.82) is 0 Å². The minimum atomic E-state index is -0.00544. The van der Waals surface area contributed by atoms with Crippen LogP contribution in [0.1, 0.15) is 90.9 Å². The van der Waals surface area contributed by atoms with E-state index in [9.17, 15) is 4.79 Å². The van der Waals surface area contributed by atoms with Gasteiger partial charge in [0, 0.05) is 11.8 Å². The predicted octanol–water partition coefficient (Wildman–Crippen LogP) is 6.26. The molecule has 0 saturated heterocycles. The summed E-state index contributed by atoms with van der Waals surface area (Å²) in [5.41, 5.74) is 0. The first-order valence-corrected chi connectivity index (χ1v) is 10.0. The van der Waals surface area contributed by atoms with E-state index in [0.29, 0.717) is 13.0 Å². The zero-order valence-corrected chi connectivity index (χ0v) is 15.8. The summed E-state index contributed by atoms with van der Waals surface area (Å²) in [6, 6.07) is 0. The number of alkyl halides is 1. The highest BCUT2D eigenvalue weighted by atomic mass is 79.9. The van der Waals surface area contributed by atoms with E-state index >= 15 is 0 Å². The van der Waals surface area contributed by atoms with E-state index in [4.69, 9.17) is 4.74 Å². The number of esters is 1. The second-order valence-electron chi connectivity index (χ2n) is 6.17. The molecule has 1 atom stereocenters. The molecule has 21 heavy (non-hydrogen) atoms. The number of hydrogen-bond donors (Lipinski definition) is 0. The summed E-state index contributed by atoms with van der Waals surface area (Å²) < 4.78 is 5.28. The highest BCUT2D eigenvalue weighted by molar-refractivity contribution is 9.09. The third-order valence-electron chi connectivity index (χ3n) is 3.94. The maximum Gasteiger partial charge on any atom is 0.305 e. The number of carbonyl (C=O) groups excluding carboxylic acids is 1. The van der Waals surface area contributed by atoms with Gasteiger partial charge < -0.3 is 4.74 Å². The van der Waals surface area contributed by atoms with Crippen molar-refractivity contribution in [3.63, 3.8) is 0 Å². The van der Waals surface area contributed by atoms with Gasteiger partial charge in [0.2, 0.25) is 0 Å². The average Bonchev–Trinajstić information content (AvgIpc) is 2.47. The molecule has 0 amide bonds. The van der Waals surface area contributed by atoms with E-state index in [0.717, 1.165) is 30.5 Å². The van der Waals surface area contributed by atoms with E-state index < -0.39 is 0 Å². The minimum absolute atomic E-state index is 0.00544. The van der Waals surface area contributed by atoms with E-state index in [-0.39, 0.29) is 5.97 Å². The Hall–Kier alpha value is -0.0500. The maximum absolute atomic E-state index is 11.6. The molecule has 0 aliphatic carbocycles. The number of ether oxygens (including phenoxy) is 1. The number of carbonyl (C=O) groups is 1. The van der Waals surface area contributed by atoms with Crippen molar-refractivity contribution >= 4 is 21.9 Å². The van der Waals surface area contributed by atoms with Crippen LogP contribution in [0.4, 0.5) is 0 Å². The molecule has 0 heterocycles. The SMILES string of the molecule is CCCCCCCCCOC(=O)CCCCC(C)CCBr. The Morgan fingerprint density at radius 2 is 1.62 bits per heavy atom. The first-order valence-electron chi connectivity index (χ1n) is 8.92. The lowest BCUT2D eigenvalue weighted by Gasteiger charge is -2.09. The molecule has 0 bridgehead atoms. The summed E-state index contributed by atoms with van der Waals surface area (Å²) in [6.07, 6.45) is 14.0. The Balaban J connectivity index is 3.23. The normalized spacial score (nSPS) is 12.3. The quantitative estimate of drug-likeness (QED) is 0.195. The Labute approximate surface area is 140 Å². The molecule has 2 nitrogen and oxygen atoms in total. The van der Waals surface area contributed by atoms with E-state index in [1.54, 1.807) is 0 Å². The van der Waals surface area contributed by atoms with E-state index in [1.807, 2.05) is 0 Å². The van der Waals surface area contributed by atoms with Gasteiger partial charge >= 0.3 is 5.97 Å². The van der Waals surface area contributed by atoms with Gasteiger partial charge in [0.1, 0.15) is 0 Å². The van der Waals surface area contributed by atoms with Crippen LogP contribution >= 0.6 is 15.9 Å². The fourth-order valence-electron chi connectivity index (χ4n) is 2.41. The molecule has 1 unspecified atom stereocenters. The van der Waals surface area contributed by atoms with Gasteiger partial charge in [0.05, 0.1) is 6.61 Å².